The molecule has 3 fully saturated rings. The van der Waals surface area contributed by atoms with E-state index in [-0.39, 0.29) is 6.03 Å². The van der Waals surface area contributed by atoms with Crippen molar-refractivity contribution in [3.05, 3.63) is 0 Å². The summed E-state index contributed by atoms with van der Waals surface area (Å²) in [7, 11) is 0. The third-order valence-electron chi connectivity index (χ3n) is 5.36. The standard InChI is InChI=1S/C16H25N3O2/c17-10-15-11-19(7-8-21-15)16(20)18-14-6-5-12-3-1-2-4-13(12)9-14/h12-15H,1-9,11H2,(H,18,20). The molecule has 1 heterocycles. The number of nitrogens with one attached hydrogen (secondary N) is 1. The van der Waals surface area contributed by atoms with Crippen LogP contribution in [0.2, 0.25) is 0 Å². The number of nitriles is 1. The summed E-state index contributed by atoms with van der Waals surface area (Å²) in [5, 5.41) is 12.1. The van der Waals surface area contributed by atoms with Crippen molar-refractivity contribution >= 4 is 6.03 Å². The van der Waals surface area contributed by atoms with Gasteiger partial charge in [-0.3, -0.25) is 0 Å². The summed E-state index contributed by atoms with van der Waals surface area (Å²) >= 11 is 0. The Morgan fingerprint density at radius 2 is 2.00 bits per heavy atom. The van der Waals surface area contributed by atoms with Crippen LogP contribution in [0.15, 0.2) is 0 Å². The van der Waals surface area contributed by atoms with E-state index >= 15 is 0 Å². The van der Waals surface area contributed by atoms with Gasteiger partial charge in [-0.15, -0.1) is 0 Å². The molecular formula is C16H25N3O2. The van der Waals surface area contributed by atoms with Gasteiger partial charge in [-0.2, -0.15) is 5.26 Å². The number of morpholine rings is 1. The summed E-state index contributed by atoms with van der Waals surface area (Å²) in [6.07, 6.45) is 8.51. The van der Waals surface area contributed by atoms with Crippen LogP contribution in [0.25, 0.3) is 0 Å². The summed E-state index contributed by atoms with van der Waals surface area (Å²) in [5.74, 6) is 1.72. The first kappa shape index (κ1) is 14.6. The molecule has 4 atom stereocenters. The Labute approximate surface area is 126 Å². The van der Waals surface area contributed by atoms with E-state index in [9.17, 15) is 4.79 Å². The molecule has 3 aliphatic rings. The molecule has 3 rings (SSSR count). The molecule has 1 aliphatic heterocycles. The van der Waals surface area contributed by atoms with Gasteiger partial charge in [0, 0.05) is 12.6 Å². The SMILES string of the molecule is N#CC1CN(C(=O)NC2CCC3CCCCC3C2)CCO1. The average molecular weight is 291 g/mol. The van der Waals surface area contributed by atoms with Crippen LogP contribution in [0.3, 0.4) is 0 Å². The van der Waals surface area contributed by atoms with Crippen LogP contribution in [-0.4, -0.2) is 42.8 Å². The maximum atomic E-state index is 12.3. The normalized spacial score (nSPS) is 36.4. The average Bonchev–Trinajstić information content (AvgIpc) is 2.54. The second-order valence-electron chi connectivity index (χ2n) is 6.70. The quantitative estimate of drug-likeness (QED) is 0.806. The monoisotopic (exact) mass is 291 g/mol. The highest BCUT2D eigenvalue weighted by atomic mass is 16.5. The van der Waals surface area contributed by atoms with E-state index in [2.05, 4.69) is 11.4 Å². The molecule has 0 aromatic heterocycles. The van der Waals surface area contributed by atoms with E-state index in [4.69, 9.17) is 10.00 Å². The molecular weight excluding hydrogens is 266 g/mol. The van der Waals surface area contributed by atoms with Gasteiger partial charge < -0.3 is 15.0 Å². The number of hydrogen-bond donors (Lipinski definition) is 1. The third-order valence-corrected chi connectivity index (χ3v) is 5.36. The van der Waals surface area contributed by atoms with Crippen molar-refractivity contribution < 1.29 is 9.53 Å². The van der Waals surface area contributed by atoms with Crippen molar-refractivity contribution in [3.63, 3.8) is 0 Å². The van der Waals surface area contributed by atoms with Crippen LogP contribution >= 0.6 is 0 Å². The second-order valence-corrected chi connectivity index (χ2v) is 6.70. The lowest BCUT2D eigenvalue weighted by Gasteiger charge is -2.40. The van der Waals surface area contributed by atoms with Gasteiger partial charge in [-0.05, 0) is 31.1 Å². The number of fused-ring (bicyclic) bond motifs is 1. The Kier molecular flexibility index (Phi) is 4.64. The van der Waals surface area contributed by atoms with Crippen molar-refractivity contribution in [1.82, 2.24) is 10.2 Å². The minimum atomic E-state index is -0.474. The smallest absolute Gasteiger partial charge is 0.317 e. The van der Waals surface area contributed by atoms with Crippen LogP contribution in [0, 0.1) is 23.2 Å². The lowest BCUT2D eigenvalue weighted by atomic mass is 9.69. The largest absolute Gasteiger partial charge is 0.360 e. The van der Waals surface area contributed by atoms with E-state index in [1.807, 2.05) is 0 Å². The number of amides is 2. The first-order valence-corrected chi connectivity index (χ1v) is 8.33. The first-order valence-electron chi connectivity index (χ1n) is 8.33. The number of urea groups is 1. The lowest BCUT2D eigenvalue weighted by molar-refractivity contribution is 0.0145. The second kappa shape index (κ2) is 6.65. The summed E-state index contributed by atoms with van der Waals surface area (Å²) < 4.78 is 5.29. The fraction of sp³-hybridized carbons (Fsp3) is 0.875. The molecule has 1 saturated heterocycles. The van der Waals surface area contributed by atoms with Gasteiger partial charge in [-0.25, -0.2) is 4.79 Å². The van der Waals surface area contributed by atoms with Crippen LogP contribution in [0.1, 0.15) is 44.9 Å². The number of rotatable bonds is 1. The molecule has 0 spiro atoms. The maximum absolute atomic E-state index is 12.3. The summed E-state index contributed by atoms with van der Waals surface area (Å²) in [6.45, 7) is 1.44. The van der Waals surface area contributed by atoms with Gasteiger partial charge in [0.2, 0.25) is 0 Å². The summed E-state index contributed by atoms with van der Waals surface area (Å²) in [6, 6.07) is 2.39. The first-order chi connectivity index (χ1) is 10.3. The van der Waals surface area contributed by atoms with E-state index in [1.54, 1.807) is 4.90 Å². The van der Waals surface area contributed by atoms with Crippen molar-refractivity contribution in [2.45, 2.75) is 57.1 Å². The van der Waals surface area contributed by atoms with E-state index in [0.717, 1.165) is 24.7 Å². The molecule has 0 radical (unpaired) electrons. The fourth-order valence-corrected chi connectivity index (χ4v) is 4.18. The number of carbonyl (C=O) groups is 1. The van der Waals surface area contributed by atoms with Gasteiger partial charge >= 0.3 is 6.03 Å². The highest BCUT2D eigenvalue weighted by molar-refractivity contribution is 5.74. The van der Waals surface area contributed by atoms with Crippen molar-refractivity contribution in [2.75, 3.05) is 19.7 Å². The highest BCUT2D eigenvalue weighted by Crippen LogP contribution is 2.40. The van der Waals surface area contributed by atoms with Gasteiger partial charge in [0.1, 0.15) is 0 Å². The Morgan fingerprint density at radius 3 is 2.81 bits per heavy atom. The molecule has 5 nitrogen and oxygen atoms in total. The third kappa shape index (κ3) is 3.49. The minimum Gasteiger partial charge on any atom is -0.360 e. The number of hydrogen-bond acceptors (Lipinski definition) is 3. The van der Waals surface area contributed by atoms with Crippen LogP contribution in [-0.2, 0) is 4.74 Å². The minimum absolute atomic E-state index is 0.0159. The zero-order chi connectivity index (χ0) is 14.7. The molecule has 0 aromatic rings. The van der Waals surface area contributed by atoms with Crippen molar-refractivity contribution in [3.8, 4) is 6.07 Å². The molecule has 116 valence electrons. The molecule has 0 bridgehead atoms. The Balaban J connectivity index is 1.49. The maximum Gasteiger partial charge on any atom is 0.317 e. The van der Waals surface area contributed by atoms with Crippen molar-refractivity contribution in [2.24, 2.45) is 11.8 Å². The van der Waals surface area contributed by atoms with Gasteiger partial charge in [0.15, 0.2) is 6.10 Å². The van der Waals surface area contributed by atoms with Crippen LogP contribution in [0.5, 0.6) is 0 Å². The fourth-order valence-electron chi connectivity index (χ4n) is 4.18. The predicted octanol–water partition coefficient (Wildman–Crippen LogP) is 2.28. The number of nitrogens with zero attached hydrogens (tertiary/aromatic N) is 2. The van der Waals surface area contributed by atoms with Crippen molar-refractivity contribution in [1.29, 1.82) is 5.26 Å². The molecule has 1 N–H and O–H groups in total. The molecule has 5 heteroatoms. The van der Waals surface area contributed by atoms with E-state index in [1.165, 1.54) is 32.1 Å². The topological polar surface area (TPSA) is 65.4 Å². The number of ether oxygens (including phenoxy) is 1. The molecule has 2 amide bonds. The molecule has 2 saturated carbocycles. The Morgan fingerprint density at radius 1 is 1.19 bits per heavy atom. The molecule has 21 heavy (non-hydrogen) atoms. The van der Waals surface area contributed by atoms with Gasteiger partial charge in [-0.1, -0.05) is 25.7 Å². The zero-order valence-electron chi connectivity index (χ0n) is 12.6. The molecule has 2 aliphatic carbocycles. The Hall–Kier alpha value is -1.28. The van der Waals surface area contributed by atoms with Crippen LogP contribution in [0.4, 0.5) is 4.79 Å². The van der Waals surface area contributed by atoms with E-state index in [0.29, 0.717) is 25.7 Å². The van der Waals surface area contributed by atoms with Gasteiger partial charge in [0.25, 0.3) is 0 Å². The highest BCUT2D eigenvalue weighted by Gasteiger charge is 2.33. The zero-order valence-corrected chi connectivity index (χ0v) is 12.6. The molecule has 0 aromatic carbocycles. The van der Waals surface area contributed by atoms with Crippen LogP contribution < -0.4 is 5.32 Å². The summed E-state index contributed by atoms with van der Waals surface area (Å²) in [4.78, 5) is 14.1. The number of carbonyl (C=O) groups excluding carboxylic acids is 1. The van der Waals surface area contributed by atoms with Gasteiger partial charge in [0.05, 0.1) is 19.2 Å². The summed E-state index contributed by atoms with van der Waals surface area (Å²) in [5.41, 5.74) is 0. The Bertz CT molecular complexity index is 420. The van der Waals surface area contributed by atoms with E-state index < -0.39 is 6.10 Å². The molecule has 4 unspecified atom stereocenters. The lowest BCUT2D eigenvalue weighted by Crippen LogP contribution is -2.52. The predicted molar refractivity (Wildman–Crippen MR) is 78.5 cm³/mol.